The number of hydrogen-bond acceptors (Lipinski definition) is 1. The highest BCUT2D eigenvalue weighted by Crippen LogP contribution is 2.25. The molecular weight excluding hydrogens is 233 g/mol. The van der Waals surface area contributed by atoms with Gasteiger partial charge in [-0.05, 0) is 12.0 Å². The van der Waals surface area contributed by atoms with Gasteiger partial charge in [-0.2, -0.15) is 0 Å². The summed E-state index contributed by atoms with van der Waals surface area (Å²) in [5.74, 6) is -0.259. The van der Waals surface area contributed by atoms with Crippen molar-refractivity contribution in [3.63, 3.8) is 0 Å². The molecule has 2 rings (SSSR count). The van der Waals surface area contributed by atoms with Crippen LogP contribution in [0.5, 0.6) is 0 Å². The minimum atomic E-state index is -1.01. The Morgan fingerprint density at radius 2 is 2.31 bits per heavy atom. The van der Waals surface area contributed by atoms with Crippen molar-refractivity contribution in [2.24, 2.45) is 0 Å². The van der Waals surface area contributed by atoms with Gasteiger partial charge in [-0.15, -0.1) is 11.6 Å². The molecule has 0 saturated heterocycles. The van der Waals surface area contributed by atoms with E-state index < -0.39 is 6.09 Å². The molecule has 0 unspecified atom stereocenters. The lowest BCUT2D eigenvalue weighted by Crippen LogP contribution is -2.35. The highest BCUT2D eigenvalue weighted by molar-refractivity contribution is 6.17. The van der Waals surface area contributed by atoms with Gasteiger partial charge in [-0.1, -0.05) is 12.1 Å². The van der Waals surface area contributed by atoms with Crippen molar-refractivity contribution >= 4 is 17.7 Å². The van der Waals surface area contributed by atoms with Crippen LogP contribution in [0.15, 0.2) is 12.1 Å². The topological polar surface area (TPSA) is 40.5 Å². The molecule has 0 aromatic heterocycles. The number of rotatable bonds is 1. The van der Waals surface area contributed by atoms with Gasteiger partial charge in [0.25, 0.3) is 0 Å². The SMILES string of the molecule is O=C(O)N1CCc2ccc(CCl)c(F)c2C1. The third-order valence-corrected chi connectivity index (χ3v) is 3.12. The van der Waals surface area contributed by atoms with Gasteiger partial charge >= 0.3 is 6.09 Å². The molecule has 0 fully saturated rings. The first-order valence-electron chi connectivity index (χ1n) is 4.96. The first-order chi connectivity index (χ1) is 7.63. The van der Waals surface area contributed by atoms with E-state index in [1.54, 1.807) is 6.07 Å². The predicted octanol–water partition coefficient (Wildman–Crippen LogP) is 2.60. The fourth-order valence-corrected chi connectivity index (χ4v) is 2.11. The van der Waals surface area contributed by atoms with E-state index in [1.807, 2.05) is 6.07 Å². The van der Waals surface area contributed by atoms with Gasteiger partial charge < -0.3 is 10.0 Å². The Hall–Kier alpha value is -1.29. The molecule has 0 radical (unpaired) electrons. The summed E-state index contributed by atoms with van der Waals surface area (Å²) in [4.78, 5) is 12.0. The Kier molecular flexibility index (Phi) is 3.01. The summed E-state index contributed by atoms with van der Waals surface area (Å²) >= 11 is 5.60. The standard InChI is InChI=1S/C11H11ClFNO2/c12-5-8-2-1-7-3-4-14(11(15)16)6-9(7)10(8)13/h1-2H,3-6H2,(H,15,16). The molecule has 5 heteroatoms. The molecular formula is C11H11ClFNO2. The Bertz CT molecular complexity index is 436. The number of nitrogens with zero attached hydrogens (tertiary/aromatic N) is 1. The molecule has 86 valence electrons. The Morgan fingerprint density at radius 3 is 2.94 bits per heavy atom. The summed E-state index contributed by atoms with van der Waals surface area (Å²) in [6.07, 6.45) is -0.456. The normalized spacial score (nSPS) is 14.8. The number of fused-ring (bicyclic) bond motifs is 1. The van der Waals surface area contributed by atoms with Gasteiger partial charge in [-0.25, -0.2) is 9.18 Å². The molecule has 0 saturated carbocycles. The second-order valence-electron chi connectivity index (χ2n) is 3.76. The molecule has 3 nitrogen and oxygen atoms in total. The van der Waals surface area contributed by atoms with Crippen LogP contribution in [0.3, 0.4) is 0 Å². The van der Waals surface area contributed by atoms with Crippen molar-refractivity contribution in [2.45, 2.75) is 18.8 Å². The first-order valence-corrected chi connectivity index (χ1v) is 5.50. The minimum Gasteiger partial charge on any atom is -0.465 e. The van der Waals surface area contributed by atoms with E-state index >= 15 is 0 Å². The van der Waals surface area contributed by atoms with Crippen molar-refractivity contribution in [2.75, 3.05) is 6.54 Å². The molecule has 1 heterocycles. The van der Waals surface area contributed by atoms with E-state index in [1.165, 1.54) is 4.90 Å². The minimum absolute atomic E-state index is 0.103. The molecule has 0 spiro atoms. The van der Waals surface area contributed by atoms with Crippen LogP contribution in [-0.4, -0.2) is 22.6 Å². The summed E-state index contributed by atoms with van der Waals surface area (Å²) in [5.41, 5.74) is 1.77. The van der Waals surface area contributed by atoms with Crippen LogP contribution in [-0.2, 0) is 18.8 Å². The van der Waals surface area contributed by atoms with E-state index in [2.05, 4.69) is 0 Å². The lowest BCUT2D eigenvalue weighted by molar-refractivity contribution is 0.139. The van der Waals surface area contributed by atoms with Gasteiger partial charge in [0.15, 0.2) is 0 Å². The van der Waals surface area contributed by atoms with Crippen LogP contribution in [0, 0.1) is 5.82 Å². The Balaban J connectivity index is 2.38. The average molecular weight is 244 g/mol. The monoisotopic (exact) mass is 243 g/mol. The summed E-state index contributed by atoms with van der Waals surface area (Å²) in [7, 11) is 0. The third kappa shape index (κ3) is 1.85. The van der Waals surface area contributed by atoms with E-state index in [4.69, 9.17) is 16.7 Å². The summed E-state index contributed by atoms with van der Waals surface area (Å²) in [6, 6.07) is 3.49. The number of benzene rings is 1. The zero-order valence-corrected chi connectivity index (χ0v) is 9.30. The number of amides is 1. The maximum Gasteiger partial charge on any atom is 0.407 e. The molecule has 0 aliphatic carbocycles. The maximum absolute atomic E-state index is 13.9. The van der Waals surface area contributed by atoms with Gasteiger partial charge in [0.2, 0.25) is 0 Å². The molecule has 0 atom stereocenters. The highest BCUT2D eigenvalue weighted by atomic mass is 35.5. The van der Waals surface area contributed by atoms with Crippen molar-refractivity contribution in [1.82, 2.24) is 4.90 Å². The van der Waals surface area contributed by atoms with Gasteiger partial charge in [0.05, 0.1) is 12.4 Å². The van der Waals surface area contributed by atoms with E-state index in [0.717, 1.165) is 5.56 Å². The summed E-state index contributed by atoms with van der Waals surface area (Å²) < 4.78 is 13.9. The lowest BCUT2D eigenvalue weighted by atomic mass is 9.97. The number of halogens is 2. The quantitative estimate of drug-likeness (QED) is 0.771. The molecule has 1 aromatic carbocycles. The first kappa shape index (κ1) is 11.2. The van der Waals surface area contributed by atoms with Crippen LogP contribution >= 0.6 is 11.6 Å². The number of carbonyl (C=O) groups is 1. The Labute approximate surface area is 97.4 Å². The van der Waals surface area contributed by atoms with Crippen molar-refractivity contribution in [3.8, 4) is 0 Å². The fraction of sp³-hybridized carbons (Fsp3) is 0.364. The lowest BCUT2D eigenvalue weighted by Gasteiger charge is -2.27. The van der Waals surface area contributed by atoms with Crippen LogP contribution in [0.1, 0.15) is 16.7 Å². The molecule has 16 heavy (non-hydrogen) atoms. The van der Waals surface area contributed by atoms with E-state index in [9.17, 15) is 9.18 Å². The van der Waals surface area contributed by atoms with Crippen molar-refractivity contribution in [3.05, 3.63) is 34.6 Å². The van der Waals surface area contributed by atoms with E-state index in [-0.39, 0.29) is 18.2 Å². The van der Waals surface area contributed by atoms with Crippen LogP contribution in [0.2, 0.25) is 0 Å². The van der Waals surface area contributed by atoms with Crippen LogP contribution in [0.25, 0.3) is 0 Å². The second kappa shape index (κ2) is 4.29. The summed E-state index contributed by atoms with van der Waals surface area (Å²) in [5, 5.41) is 8.86. The second-order valence-corrected chi connectivity index (χ2v) is 4.03. The maximum atomic E-state index is 13.9. The summed E-state index contributed by atoms with van der Waals surface area (Å²) in [6.45, 7) is 0.531. The zero-order chi connectivity index (χ0) is 11.7. The fourth-order valence-electron chi connectivity index (χ4n) is 1.91. The van der Waals surface area contributed by atoms with E-state index in [0.29, 0.717) is 24.1 Å². The molecule has 0 bridgehead atoms. The Morgan fingerprint density at radius 1 is 1.56 bits per heavy atom. The van der Waals surface area contributed by atoms with Crippen LogP contribution < -0.4 is 0 Å². The number of alkyl halides is 1. The molecule has 1 aliphatic heterocycles. The largest absolute Gasteiger partial charge is 0.465 e. The molecule has 1 aliphatic rings. The number of hydrogen-bond donors (Lipinski definition) is 1. The molecule has 1 aromatic rings. The zero-order valence-electron chi connectivity index (χ0n) is 8.54. The van der Waals surface area contributed by atoms with Crippen molar-refractivity contribution < 1.29 is 14.3 Å². The van der Waals surface area contributed by atoms with Crippen molar-refractivity contribution in [1.29, 1.82) is 0 Å². The third-order valence-electron chi connectivity index (χ3n) is 2.83. The molecule has 1 amide bonds. The smallest absolute Gasteiger partial charge is 0.407 e. The molecule has 1 N–H and O–H groups in total. The van der Waals surface area contributed by atoms with Gasteiger partial charge in [0.1, 0.15) is 5.82 Å². The highest BCUT2D eigenvalue weighted by Gasteiger charge is 2.23. The average Bonchev–Trinajstić information content (AvgIpc) is 2.29. The van der Waals surface area contributed by atoms with Gasteiger partial charge in [-0.3, -0.25) is 0 Å². The number of carboxylic acid groups (broad SMARTS) is 1. The van der Waals surface area contributed by atoms with Crippen LogP contribution in [0.4, 0.5) is 9.18 Å². The predicted molar refractivity (Wildman–Crippen MR) is 58.1 cm³/mol. The van der Waals surface area contributed by atoms with Gasteiger partial charge in [0, 0.05) is 17.7 Å².